The molecule has 0 atom stereocenters. The van der Waals surface area contributed by atoms with Gasteiger partial charge in [0, 0.05) is 19.5 Å². The zero-order valence-corrected chi connectivity index (χ0v) is 13.3. The molecule has 0 aromatic carbocycles. The monoisotopic (exact) mass is 297 g/mol. The van der Waals surface area contributed by atoms with Crippen molar-refractivity contribution in [2.75, 3.05) is 20.1 Å². The molecule has 4 nitrogen and oxygen atoms in total. The van der Waals surface area contributed by atoms with Crippen LogP contribution in [0.5, 0.6) is 0 Å². The quantitative estimate of drug-likeness (QED) is 0.777. The van der Waals surface area contributed by atoms with E-state index < -0.39 is 5.54 Å². The number of nitrogens with two attached hydrogens (primary N) is 1. The summed E-state index contributed by atoms with van der Waals surface area (Å²) in [6.45, 7) is 1.86. The van der Waals surface area contributed by atoms with Crippen molar-refractivity contribution in [3.63, 3.8) is 0 Å². The van der Waals surface area contributed by atoms with E-state index in [1.165, 1.54) is 32.1 Å². The number of nitrogens with zero attached hydrogens (tertiary/aromatic N) is 1. The van der Waals surface area contributed by atoms with Crippen LogP contribution in [0.4, 0.5) is 0 Å². The van der Waals surface area contributed by atoms with Crippen molar-refractivity contribution in [3.8, 4) is 0 Å². The zero-order chi connectivity index (χ0) is 14.6. The molecule has 114 valence electrons. The first-order valence-electron chi connectivity index (χ1n) is 7.81. The van der Waals surface area contributed by atoms with Gasteiger partial charge in [0.15, 0.2) is 0 Å². The van der Waals surface area contributed by atoms with Crippen LogP contribution in [0.2, 0.25) is 0 Å². The lowest BCUT2D eigenvalue weighted by atomic mass is 9.84. The van der Waals surface area contributed by atoms with Crippen LogP contribution in [-0.2, 0) is 4.79 Å². The van der Waals surface area contributed by atoms with Crippen LogP contribution in [0.3, 0.4) is 0 Å². The van der Waals surface area contributed by atoms with Crippen molar-refractivity contribution >= 4 is 23.1 Å². The summed E-state index contributed by atoms with van der Waals surface area (Å²) in [5.74, 6) is 0.688. The van der Waals surface area contributed by atoms with Crippen molar-refractivity contribution in [2.45, 2.75) is 56.9 Å². The second-order valence-corrected chi connectivity index (χ2v) is 6.95. The van der Waals surface area contributed by atoms with Gasteiger partial charge in [0.25, 0.3) is 0 Å². The molecule has 20 heavy (non-hydrogen) atoms. The van der Waals surface area contributed by atoms with Gasteiger partial charge in [-0.1, -0.05) is 31.5 Å². The lowest BCUT2D eigenvalue weighted by Crippen LogP contribution is -2.61. The van der Waals surface area contributed by atoms with Gasteiger partial charge in [-0.2, -0.15) is 0 Å². The van der Waals surface area contributed by atoms with E-state index in [0.717, 1.165) is 25.9 Å². The smallest absolute Gasteiger partial charge is 0.221 e. The Hall–Kier alpha value is -0.680. The highest BCUT2D eigenvalue weighted by Gasteiger charge is 2.38. The van der Waals surface area contributed by atoms with Gasteiger partial charge in [-0.05, 0) is 38.6 Å². The molecule has 1 aliphatic heterocycles. The fourth-order valence-corrected chi connectivity index (χ4v) is 3.66. The van der Waals surface area contributed by atoms with Crippen LogP contribution >= 0.6 is 12.2 Å². The number of rotatable bonds is 4. The van der Waals surface area contributed by atoms with Crippen LogP contribution in [0, 0.1) is 5.92 Å². The van der Waals surface area contributed by atoms with Gasteiger partial charge in [0.1, 0.15) is 0 Å². The van der Waals surface area contributed by atoms with E-state index in [9.17, 15) is 4.79 Å². The minimum atomic E-state index is -0.451. The van der Waals surface area contributed by atoms with Gasteiger partial charge >= 0.3 is 0 Å². The highest BCUT2D eigenvalue weighted by Crippen LogP contribution is 2.27. The number of piperidine rings is 1. The van der Waals surface area contributed by atoms with Gasteiger partial charge in [-0.3, -0.25) is 4.79 Å². The largest absolute Gasteiger partial charge is 0.391 e. The summed E-state index contributed by atoms with van der Waals surface area (Å²) in [6.07, 6.45) is 8.53. The van der Waals surface area contributed by atoms with E-state index in [2.05, 4.69) is 17.3 Å². The highest BCUT2D eigenvalue weighted by atomic mass is 32.1. The summed E-state index contributed by atoms with van der Waals surface area (Å²) in [7, 11) is 2.09. The number of amides is 1. The molecule has 0 aromatic heterocycles. The molecular weight excluding hydrogens is 270 g/mol. The molecule has 0 aromatic rings. The van der Waals surface area contributed by atoms with E-state index in [1.54, 1.807) is 0 Å². The number of carbonyl (C=O) groups excluding carboxylic acids is 1. The van der Waals surface area contributed by atoms with Crippen molar-refractivity contribution in [3.05, 3.63) is 0 Å². The summed E-state index contributed by atoms with van der Waals surface area (Å²) in [5, 5.41) is 3.17. The first-order valence-corrected chi connectivity index (χ1v) is 8.22. The minimum Gasteiger partial charge on any atom is -0.391 e. The highest BCUT2D eigenvalue weighted by molar-refractivity contribution is 7.80. The third kappa shape index (κ3) is 3.92. The molecule has 1 aliphatic carbocycles. The first-order chi connectivity index (χ1) is 9.52. The van der Waals surface area contributed by atoms with E-state index in [0.29, 0.717) is 17.3 Å². The maximum absolute atomic E-state index is 12.3. The Morgan fingerprint density at radius 3 is 2.45 bits per heavy atom. The van der Waals surface area contributed by atoms with Gasteiger partial charge in [-0.25, -0.2) is 0 Å². The Morgan fingerprint density at radius 2 is 1.90 bits per heavy atom. The number of hydrogen-bond donors (Lipinski definition) is 2. The SMILES string of the molecule is CN1CCC(NC(=O)CC2CCCCC2)(C(N)=S)CC1. The molecule has 0 unspecified atom stereocenters. The molecule has 0 radical (unpaired) electrons. The van der Waals surface area contributed by atoms with Crippen LogP contribution < -0.4 is 11.1 Å². The van der Waals surface area contributed by atoms with E-state index >= 15 is 0 Å². The molecule has 0 bridgehead atoms. The van der Waals surface area contributed by atoms with E-state index in [1.807, 2.05) is 0 Å². The topological polar surface area (TPSA) is 58.4 Å². The first kappa shape index (κ1) is 15.7. The molecule has 1 saturated heterocycles. The summed E-state index contributed by atoms with van der Waals surface area (Å²) in [4.78, 5) is 15.0. The maximum Gasteiger partial charge on any atom is 0.221 e. The fraction of sp³-hybridized carbons (Fsp3) is 0.867. The Morgan fingerprint density at radius 1 is 1.30 bits per heavy atom. The standard InChI is InChI=1S/C15H27N3OS/c1-18-9-7-15(8-10-18,14(16)20)17-13(19)11-12-5-3-2-4-6-12/h12H,2-11H2,1H3,(H2,16,20)(H,17,19). The van der Waals surface area contributed by atoms with Crippen molar-refractivity contribution < 1.29 is 4.79 Å². The summed E-state index contributed by atoms with van der Waals surface area (Å²) in [6, 6.07) is 0. The van der Waals surface area contributed by atoms with Gasteiger partial charge < -0.3 is 16.0 Å². The van der Waals surface area contributed by atoms with E-state index in [4.69, 9.17) is 18.0 Å². The maximum atomic E-state index is 12.3. The number of likely N-dealkylation sites (tertiary alicyclic amines) is 1. The Kier molecular flexibility index (Phi) is 5.38. The van der Waals surface area contributed by atoms with Crippen LogP contribution in [-0.4, -0.2) is 41.5 Å². The Balaban J connectivity index is 1.90. The molecular formula is C15H27N3OS. The average molecular weight is 297 g/mol. The molecule has 5 heteroatoms. The summed E-state index contributed by atoms with van der Waals surface area (Å²) < 4.78 is 0. The lowest BCUT2D eigenvalue weighted by Gasteiger charge is -2.40. The number of thiocarbonyl (C=S) groups is 1. The third-order valence-corrected chi connectivity index (χ3v) is 5.28. The molecule has 1 amide bonds. The number of hydrogen-bond acceptors (Lipinski definition) is 3. The Labute approximate surface area is 127 Å². The average Bonchev–Trinajstić information content (AvgIpc) is 2.42. The molecule has 1 saturated carbocycles. The summed E-state index contributed by atoms with van der Waals surface area (Å²) >= 11 is 5.23. The third-order valence-electron chi connectivity index (χ3n) is 4.89. The second kappa shape index (κ2) is 6.85. The molecule has 3 N–H and O–H groups in total. The number of nitrogens with one attached hydrogen (secondary N) is 1. The van der Waals surface area contributed by atoms with Crippen molar-refractivity contribution in [1.29, 1.82) is 0 Å². The Bertz CT molecular complexity index is 358. The van der Waals surface area contributed by atoms with Crippen molar-refractivity contribution in [1.82, 2.24) is 10.2 Å². The molecule has 2 aliphatic rings. The van der Waals surface area contributed by atoms with Crippen LogP contribution in [0.25, 0.3) is 0 Å². The van der Waals surface area contributed by atoms with Crippen LogP contribution in [0.15, 0.2) is 0 Å². The molecule has 0 spiro atoms. The second-order valence-electron chi connectivity index (χ2n) is 6.51. The van der Waals surface area contributed by atoms with Gasteiger partial charge in [-0.15, -0.1) is 0 Å². The number of carbonyl (C=O) groups is 1. The predicted octanol–water partition coefficient (Wildman–Crippen LogP) is 1.82. The van der Waals surface area contributed by atoms with Crippen molar-refractivity contribution in [2.24, 2.45) is 11.7 Å². The van der Waals surface area contributed by atoms with E-state index in [-0.39, 0.29) is 5.91 Å². The summed E-state index contributed by atoms with van der Waals surface area (Å²) in [5.41, 5.74) is 5.48. The normalized spacial score (nSPS) is 24.2. The molecule has 1 heterocycles. The minimum absolute atomic E-state index is 0.134. The molecule has 2 rings (SSSR count). The molecule has 2 fully saturated rings. The predicted molar refractivity (Wildman–Crippen MR) is 85.6 cm³/mol. The van der Waals surface area contributed by atoms with Crippen LogP contribution in [0.1, 0.15) is 51.4 Å². The fourth-order valence-electron chi connectivity index (χ4n) is 3.40. The van der Waals surface area contributed by atoms with Gasteiger partial charge in [0.2, 0.25) is 5.91 Å². The zero-order valence-electron chi connectivity index (χ0n) is 12.5. The van der Waals surface area contributed by atoms with Gasteiger partial charge in [0.05, 0.1) is 10.5 Å². The lowest BCUT2D eigenvalue weighted by molar-refractivity contribution is -0.123.